The summed E-state index contributed by atoms with van der Waals surface area (Å²) in [5.74, 6) is 0.486. The first-order valence-corrected chi connectivity index (χ1v) is 9.66. The van der Waals surface area contributed by atoms with Crippen molar-refractivity contribution in [3.05, 3.63) is 35.4 Å². The highest BCUT2D eigenvalue weighted by Gasteiger charge is 2.21. The summed E-state index contributed by atoms with van der Waals surface area (Å²) in [4.78, 5) is 18.3. The molecule has 0 atom stereocenters. The average molecular weight is 377 g/mol. The fraction of sp³-hybridized carbons (Fsp3) is 0.600. The first-order chi connectivity index (χ1) is 13.1. The molecule has 0 saturated carbocycles. The third kappa shape index (κ3) is 7.19. The van der Waals surface area contributed by atoms with Crippen LogP contribution in [0.2, 0.25) is 0 Å². The number of hydrogen-bond acceptors (Lipinski definition) is 4. The lowest BCUT2D eigenvalue weighted by atomic mass is 10.1. The largest absolute Gasteiger partial charge is 0.385 e. The van der Waals surface area contributed by atoms with Gasteiger partial charge in [-0.15, -0.1) is 0 Å². The van der Waals surface area contributed by atoms with E-state index in [2.05, 4.69) is 17.1 Å². The van der Waals surface area contributed by atoms with Crippen LogP contribution in [-0.2, 0) is 16.0 Å². The van der Waals surface area contributed by atoms with Gasteiger partial charge in [0, 0.05) is 45.5 Å². The van der Waals surface area contributed by atoms with Gasteiger partial charge in [-0.2, -0.15) is 0 Å². The van der Waals surface area contributed by atoms with Crippen LogP contribution in [0.25, 0.3) is 0 Å². The monoisotopic (exact) mass is 376 g/mol. The molecule has 0 bridgehead atoms. The summed E-state index contributed by atoms with van der Waals surface area (Å²) in [6.45, 7) is 6.72. The summed E-state index contributed by atoms with van der Waals surface area (Å²) in [6, 6.07) is 7.32. The standard InChI is InChI=1S/C20H32N4O3/c1-3-22-20(23-15-16-6-4-7-17(14-16)19(21)25)24-10-8-18(9-11-24)27-13-5-12-26-2/h4,6-7,14,18H,3,5,8-13,15H2,1-2H3,(H2,21,25)(H,22,23). The number of nitrogens with one attached hydrogen (secondary N) is 1. The molecule has 2 rings (SSSR count). The highest BCUT2D eigenvalue weighted by molar-refractivity contribution is 5.92. The smallest absolute Gasteiger partial charge is 0.248 e. The molecule has 150 valence electrons. The summed E-state index contributed by atoms with van der Waals surface area (Å²) in [7, 11) is 1.71. The van der Waals surface area contributed by atoms with E-state index >= 15 is 0 Å². The third-order valence-electron chi connectivity index (χ3n) is 4.55. The Morgan fingerprint density at radius 2 is 2.11 bits per heavy atom. The van der Waals surface area contributed by atoms with E-state index in [4.69, 9.17) is 20.2 Å². The Morgan fingerprint density at radius 3 is 2.78 bits per heavy atom. The molecule has 1 aliphatic rings. The maximum atomic E-state index is 11.3. The summed E-state index contributed by atoms with van der Waals surface area (Å²) in [5.41, 5.74) is 6.84. The maximum absolute atomic E-state index is 11.3. The number of piperidine rings is 1. The van der Waals surface area contributed by atoms with E-state index in [-0.39, 0.29) is 0 Å². The lowest BCUT2D eigenvalue weighted by Gasteiger charge is -2.34. The normalized spacial score (nSPS) is 15.8. The zero-order chi connectivity index (χ0) is 19.5. The Kier molecular flexibility index (Phi) is 9.07. The fourth-order valence-corrected chi connectivity index (χ4v) is 3.10. The van der Waals surface area contributed by atoms with Crippen LogP contribution in [-0.4, -0.2) is 62.8 Å². The minimum atomic E-state index is -0.416. The molecular weight excluding hydrogens is 344 g/mol. The van der Waals surface area contributed by atoms with Crippen molar-refractivity contribution in [1.29, 1.82) is 0 Å². The molecule has 3 N–H and O–H groups in total. The van der Waals surface area contributed by atoms with Crippen LogP contribution in [0.3, 0.4) is 0 Å². The minimum Gasteiger partial charge on any atom is -0.385 e. The second-order valence-corrected chi connectivity index (χ2v) is 6.64. The third-order valence-corrected chi connectivity index (χ3v) is 4.55. The number of carbonyl (C=O) groups is 1. The topological polar surface area (TPSA) is 89.2 Å². The van der Waals surface area contributed by atoms with E-state index in [1.807, 2.05) is 12.1 Å². The molecule has 1 aliphatic heterocycles. The Balaban J connectivity index is 1.88. The lowest BCUT2D eigenvalue weighted by molar-refractivity contribution is 0.00990. The first-order valence-electron chi connectivity index (χ1n) is 9.66. The summed E-state index contributed by atoms with van der Waals surface area (Å²) in [6.07, 6.45) is 3.24. The lowest BCUT2D eigenvalue weighted by Crippen LogP contribution is -2.47. The maximum Gasteiger partial charge on any atom is 0.248 e. The number of rotatable bonds is 9. The van der Waals surface area contributed by atoms with Gasteiger partial charge in [-0.05, 0) is 43.9 Å². The molecule has 27 heavy (non-hydrogen) atoms. The van der Waals surface area contributed by atoms with Crippen molar-refractivity contribution in [2.75, 3.05) is 40.0 Å². The minimum absolute atomic E-state index is 0.313. The Morgan fingerprint density at radius 1 is 1.33 bits per heavy atom. The van der Waals surface area contributed by atoms with Crippen LogP contribution in [0, 0.1) is 0 Å². The number of nitrogens with zero attached hydrogens (tertiary/aromatic N) is 2. The van der Waals surface area contributed by atoms with Crippen molar-refractivity contribution < 1.29 is 14.3 Å². The van der Waals surface area contributed by atoms with Crippen LogP contribution in [0.15, 0.2) is 29.3 Å². The number of ether oxygens (including phenoxy) is 2. The number of carbonyl (C=O) groups excluding carboxylic acids is 1. The summed E-state index contributed by atoms with van der Waals surface area (Å²) in [5, 5.41) is 3.36. The predicted molar refractivity (Wildman–Crippen MR) is 107 cm³/mol. The highest BCUT2D eigenvalue weighted by Crippen LogP contribution is 2.15. The Labute approximate surface area is 161 Å². The molecule has 0 aromatic heterocycles. The van der Waals surface area contributed by atoms with Crippen molar-refractivity contribution in [3.63, 3.8) is 0 Å². The molecule has 1 amide bonds. The van der Waals surface area contributed by atoms with Crippen LogP contribution in [0.4, 0.5) is 0 Å². The quantitative estimate of drug-likeness (QED) is 0.389. The molecule has 7 nitrogen and oxygen atoms in total. The number of primary amides is 1. The SMILES string of the molecule is CCNC(=NCc1cccc(C(N)=O)c1)N1CCC(OCCCOC)CC1. The number of guanidine groups is 1. The molecule has 1 saturated heterocycles. The van der Waals surface area contributed by atoms with E-state index < -0.39 is 5.91 Å². The molecule has 1 aromatic rings. The van der Waals surface area contributed by atoms with Gasteiger partial charge in [0.15, 0.2) is 5.96 Å². The van der Waals surface area contributed by atoms with Crippen molar-refractivity contribution >= 4 is 11.9 Å². The summed E-state index contributed by atoms with van der Waals surface area (Å²) >= 11 is 0. The molecule has 1 heterocycles. The predicted octanol–water partition coefficient (Wildman–Crippen LogP) is 1.77. The van der Waals surface area contributed by atoms with E-state index in [0.29, 0.717) is 18.2 Å². The van der Waals surface area contributed by atoms with Gasteiger partial charge in [0.25, 0.3) is 0 Å². The van der Waals surface area contributed by atoms with Crippen molar-refractivity contribution in [1.82, 2.24) is 10.2 Å². The average Bonchev–Trinajstić information content (AvgIpc) is 2.69. The fourth-order valence-electron chi connectivity index (χ4n) is 3.10. The van der Waals surface area contributed by atoms with E-state index in [0.717, 1.165) is 63.6 Å². The van der Waals surface area contributed by atoms with Gasteiger partial charge in [-0.25, -0.2) is 4.99 Å². The second-order valence-electron chi connectivity index (χ2n) is 6.64. The molecule has 0 radical (unpaired) electrons. The van der Waals surface area contributed by atoms with Crippen molar-refractivity contribution in [3.8, 4) is 0 Å². The molecule has 0 aliphatic carbocycles. The van der Waals surface area contributed by atoms with Crippen LogP contribution in [0.1, 0.15) is 42.1 Å². The van der Waals surface area contributed by atoms with Gasteiger partial charge in [-0.3, -0.25) is 4.79 Å². The molecule has 7 heteroatoms. The van der Waals surface area contributed by atoms with Gasteiger partial charge >= 0.3 is 0 Å². The van der Waals surface area contributed by atoms with Crippen molar-refractivity contribution in [2.24, 2.45) is 10.7 Å². The molecular formula is C20H32N4O3. The zero-order valence-electron chi connectivity index (χ0n) is 16.4. The Hall–Kier alpha value is -2.12. The van der Waals surface area contributed by atoms with Crippen LogP contribution >= 0.6 is 0 Å². The van der Waals surface area contributed by atoms with Gasteiger partial charge in [0.2, 0.25) is 5.91 Å². The van der Waals surface area contributed by atoms with Gasteiger partial charge < -0.3 is 25.4 Å². The van der Waals surface area contributed by atoms with E-state index in [1.165, 1.54) is 0 Å². The van der Waals surface area contributed by atoms with E-state index in [9.17, 15) is 4.79 Å². The molecule has 0 spiro atoms. The van der Waals surface area contributed by atoms with Gasteiger partial charge in [-0.1, -0.05) is 12.1 Å². The molecule has 0 unspecified atom stereocenters. The number of aliphatic imine (C=N–C) groups is 1. The molecule has 1 aromatic carbocycles. The van der Waals surface area contributed by atoms with Crippen LogP contribution < -0.4 is 11.1 Å². The number of hydrogen-bond donors (Lipinski definition) is 2. The summed E-state index contributed by atoms with van der Waals surface area (Å²) < 4.78 is 11.0. The number of likely N-dealkylation sites (tertiary alicyclic amines) is 1. The van der Waals surface area contributed by atoms with Crippen molar-refractivity contribution in [2.45, 2.75) is 38.8 Å². The number of methoxy groups -OCH3 is 1. The second kappa shape index (κ2) is 11.6. The van der Waals surface area contributed by atoms with Crippen LogP contribution in [0.5, 0.6) is 0 Å². The number of amides is 1. The van der Waals surface area contributed by atoms with Gasteiger partial charge in [0.1, 0.15) is 0 Å². The van der Waals surface area contributed by atoms with Gasteiger partial charge in [0.05, 0.1) is 12.6 Å². The molecule has 1 fully saturated rings. The zero-order valence-corrected chi connectivity index (χ0v) is 16.4. The highest BCUT2D eigenvalue weighted by atomic mass is 16.5. The van der Waals surface area contributed by atoms with E-state index in [1.54, 1.807) is 19.2 Å². The number of benzene rings is 1. The Bertz CT molecular complexity index is 613. The number of nitrogens with two attached hydrogens (primary N) is 1. The first kappa shape index (κ1) is 21.2.